The first kappa shape index (κ1) is 13.2. The fourth-order valence-electron chi connectivity index (χ4n) is 1.02. The normalized spacial score (nSPS) is 11.5. The molecular formula is C11H18N2O2S. The summed E-state index contributed by atoms with van der Waals surface area (Å²) in [5.74, 6) is 4.80. The summed E-state index contributed by atoms with van der Waals surface area (Å²) in [5, 5.41) is 0. The summed E-state index contributed by atoms with van der Waals surface area (Å²) in [6, 6.07) is 3.64. The topological polar surface area (TPSA) is 64.3 Å². The van der Waals surface area contributed by atoms with Crippen molar-refractivity contribution < 1.29 is 9.53 Å². The van der Waals surface area contributed by atoms with Crippen molar-refractivity contribution >= 4 is 17.2 Å². The zero-order valence-electron chi connectivity index (χ0n) is 9.87. The molecule has 1 aromatic heterocycles. The average molecular weight is 242 g/mol. The molecule has 1 heterocycles. The highest BCUT2D eigenvalue weighted by atomic mass is 32.1. The Kier molecular flexibility index (Phi) is 4.46. The van der Waals surface area contributed by atoms with E-state index in [9.17, 15) is 4.79 Å². The third-order valence-electron chi connectivity index (χ3n) is 2.47. The van der Waals surface area contributed by atoms with E-state index < -0.39 is 0 Å². The Morgan fingerprint density at radius 1 is 1.56 bits per heavy atom. The fraction of sp³-hybridized carbons (Fsp3) is 0.545. The van der Waals surface area contributed by atoms with Gasteiger partial charge in [-0.2, -0.15) is 0 Å². The largest absolute Gasteiger partial charge is 0.370 e. The lowest BCUT2D eigenvalue weighted by Crippen LogP contribution is -2.29. The van der Waals surface area contributed by atoms with Crippen molar-refractivity contribution in [2.75, 3.05) is 0 Å². The summed E-state index contributed by atoms with van der Waals surface area (Å²) >= 11 is 1.40. The maximum Gasteiger partial charge on any atom is 0.275 e. The number of nitrogen functional groups attached to an aromatic ring is 1. The van der Waals surface area contributed by atoms with Crippen LogP contribution in [0, 0.1) is 0 Å². The molecule has 0 aliphatic rings. The molecule has 4 nitrogen and oxygen atoms in total. The van der Waals surface area contributed by atoms with Gasteiger partial charge in [0.1, 0.15) is 0 Å². The molecule has 16 heavy (non-hydrogen) atoms. The van der Waals surface area contributed by atoms with E-state index in [1.54, 1.807) is 6.07 Å². The first-order valence-corrected chi connectivity index (χ1v) is 6.04. The van der Waals surface area contributed by atoms with Gasteiger partial charge in [-0.15, -0.1) is 11.3 Å². The number of hydrogen-bond acceptors (Lipinski definition) is 4. The number of nitrogens with two attached hydrogens (primary N) is 1. The number of rotatable bonds is 5. The molecule has 0 aromatic carbocycles. The Bertz CT molecular complexity index is 361. The smallest absolute Gasteiger partial charge is 0.275 e. The molecule has 1 aromatic rings. The molecular weight excluding hydrogens is 224 g/mol. The van der Waals surface area contributed by atoms with Crippen LogP contribution in [0.3, 0.4) is 0 Å². The monoisotopic (exact) mass is 242 g/mol. The van der Waals surface area contributed by atoms with Gasteiger partial charge in [-0.05, 0) is 32.4 Å². The van der Waals surface area contributed by atoms with Gasteiger partial charge in [0.15, 0.2) is 0 Å². The highest BCUT2D eigenvalue weighted by Gasteiger charge is 2.16. The SMILES string of the molecule is CCC(C)(C)OCc1ccc(C(=O)NN)s1. The molecule has 0 atom stereocenters. The number of carbonyl (C=O) groups excluding carboxylic acids is 1. The van der Waals surface area contributed by atoms with Gasteiger partial charge in [-0.25, -0.2) is 5.84 Å². The minimum Gasteiger partial charge on any atom is -0.370 e. The second kappa shape index (κ2) is 5.43. The highest BCUT2D eigenvalue weighted by molar-refractivity contribution is 7.14. The number of thiophene rings is 1. The number of carbonyl (C=O) groups is 1. The molecule has 1 rings (SSSR count). The van der Waals surface area contributed by atoms with Crippen molar-refractivity contribution in [1.29, 1.82) is 0 Å². The first-order chi connectivity index (χ1) is 7.48. The van der Waals surface area contributed by atoms with Gasteiger partial charge >= 0.3 is 0 Å². The Labute approximate surface area is 99.8 Å². The highest BCUT2D eigenvalue weighted by Crippen LogP contribution is 2.21. The second-order valence-corrected chi connectivity index (χ2v) is 5.31. The zero-order chi connectivity index (χ0) is 12.2. The van der Waals surface area contributed by atoms with Crippen molar-refractivity contribution in [2.45, 2.75) is 39.4 Å². The van der Waals surface area contributed by atoms with Gasteiger partial charge in [-0.3, -0.25) is 10.2 Å². The van der Waals surface area contributed by atoms with Crippen molar-refractivity contribution in [3.8, 4) is 0 Å². The van der Waals surface area contributed by atoms with Crippen LogP contribution in [0.25, 0.3) is 0 Å². The van der Waals surface area contributed by atoms with Crippen LogP contribution in [0.1, 0.15) is 41.7 Å². The van der Waals surface area contributed by atoms with E-state index in [1.807, 2.05) is 19.9 Å². The van der Waals surface area contributed by atoms with E-state index in [0.29, 0.717) is 11.5 Å². The maximum atomic E-state index is 11.2. The van der Waals surface area contributed by atoms with Crippen molar-refractivity contribution in [3.63, 3.8) is 0 Å². The van der Waals surface area contributed by atoms with Crippen LogP contribution in [0.2, 0.25) is 0 Å². The third kappa shape index (κ3) is 3.59. The van der Waals surface area contributed by atoms with Gasteiger partial charge in [-0.1, -0.05) is 6.92 Å². The average Bonchev–Trinajstić information content (AvgIpc) is 2.74. The van der Waals surface area contributed by atoms with Crippen LogP contribution in [-0.4, -0.2) is 11.5 Å². The summed E-state index contributed by atoms with van der Waals surface area (Å²) in [4.78, 5) is 12.9. The molecule has 0 bridgehead atoms. The number of amides is 1. The van der Waals surface area contributed by atoms with Crippen molar-refractivity contribution in [2.24, 2.45) is 5.84 Å². The number of hydrazine groups is 1. The molecule has 1 amide bonds. The Balaban J connectivity index is 2.56. The van der Waals surface area contributed by atoms with Crippen LogP contribution in [0.15, 0.2) is 12.1 Å². The lowest BCUT2D eigenvalue weighted by molar-refractivity contribution is -0.0304. The first-order valence-electron chi connectivity index (χ1n) is 5.22. The minimum absolute atomic E-state index is 0.125. The molecule has 3 N–H and O–H groups in total. The maximum absolute atomic E-state index is 11.2. The van der Waals surface area contributed by atoms with Crippen LogP contribution >= 0.6 is 11.3 Å². The second-order valence-electron chi connectivity index (χ2n) is 4.14. The number of hydrogen-bond donors (Lipinski definition) is 2. The standard InChI is InChI=1S/C11H18N2O2S/c1-4-11(2,3)15-7-8-5-6-9(16-8)10(14)13-12/h5-6H,4,7,12H2,1-3H3,(H,13,14). The van der Waals surface area contributed by atoms with Gasteiger partial charge in [0.05, 0.1) is 17.1 Å². The molecule has 5 heteroatoms. The predicted molar refractivity (Wildman–Crippen MR) is 65.1 cm³/mol. The molecule has 0 saturated carbocycles. The Morgan fingerprint density at radius 3 is 2.81 bits per heavy atom. The zero-order valence-corrected chi connectivity index (χ0v) is 10.7. The van der Waals surface area contributed by atoms with Gasteiger partial charge < -0.3 is 4.74 Å². The van der Waals surface area contributed by atoms with Crippen molar-refractivity contribution in [1.82, 2.24) is 5.43 Å². The summed E-state index contributed by atoms with van der Waals surface area (Å²) in [5.41, 5.74) is 1.98. The molecule has 0 unspecified atom stereocenters. The molecule has 0 spiro atoms. The van der Waals surface area contributed by atoms with Crippen LogP contribution in [0.5, 0.6) is 0 Å². The van der Waals surface area contributed by atoms with Crippen LogP contribution in [-0.2, 0) is 11.3 Å². The molecule has 0 saturated heterocycles. The minimum atomic E-state index is -0.258. The van der Waals surface area contributed by atoms with E-state index in [-0.39, 0.29) is 11.5 Å². The van der Waals surface area contributed by atoms with Gasteiger partial charge in [0.25, 0.3) is 5.91 Å². The van der Waals surface area contributed by atoms with Crippen LogP contribution < -0.4 is 11.3 Å². The molecule has 0 radical (unpaired) electrons. The van der Waals surface area contributed by atoms with E-state index in [1.165, 1.54) is 11.3 Å². The number of nitrogens with one attached hydrogen (secondary N) is 1. The Morgan fingerprint density at radius 2 is 2.25 bits per heavy atom. The van der Waals surface area contributed by atoms with Crippen LogP contribution in [0.4, 0.5) is 0 Å². The molecule has 0 aliphatic heterocycles. The van der Waals surface area contributed by atoms with E-state index in [0.717, 1.165) is 11.3 Å². The molecule has 0 fully saturated rings. The van der Waals surface area contributed by atoms with Gasteiger partial charge in [0, 0.05) is 4.88 Å². The summed E-state index contributed by atoms with van der Waals surface area (Å²) in [6.07, 6.45) is 0.953. The Hall–Kier alpha value is -0.910. The predicted octanol–water partition coefficient (Wildman–Crippen LogP) is 2.06. The lowest BCUT2D eigenvalue weighted by atomic mass is 10.1. The van der Waals surface area contributed by atoms with Crippen molar-refractivity contribution in [3.05, 3.63) is 21.9 Å². The molecule has 0 aliphatic carbocycles. The van der Waals surface area contributed by atoms with E-state index in [2.05, 4.69) is 12.3 Å². The van der Waals surface area contributed by atoms with Gasteiger partial charge in [0.2, 0.25) is 0 Å². The molecule has 90 valence electrons. The fourth-order valence-corrected chi connectivity index (χ4v) is 1.84. The quantitative estimate of drug-likeness (QED) is 0.472. The van der Waals surface area contributed by atoms with E-state index in [4.69, 9.17) is 10.6 Å². The lowest BCUT2D eigenvalue weighted by Gasteiger charge is -2.22. The summed E-state index contributed by atoms with van der Waals surface area (Å²) < 4.78 is 5.74. The number of ether oxygens (including phenoxy) is 1. The van der Waals surface area contributed by atoms with E-state index >= 15 is 0 Å². The summed E-state index contributed by atoms with van der Waals surface area (Å²) in [6.45, 7) is 6.72. The summed E-state index contributed by atoms with van der Waals surface area (Å²) in [7, 11) is 0. The third-order valence-corrected chi connectivity index (χ3v) is 3.53.